The molecule has 27 heavy (non-hydrogen) atoms. The van der Waals surface area contributed by atoms with Gasteiger partial charge in [-0.3, -0.25) is 9.97 Å². The number of hydrogen-bond acceptors (Lipinski definition) is 5. The maximum atomic E-state index is 13.4. The Bertz CT molecular complexity index is 885. The fourth-order valence-electron chi connectivity index (χ4n) is 2.77. The summed E-state index contributed by atoms with van der Waals surface area (Å²) in [7, 11) is 0. The van der Waals surface area contributed by atoms with Gasteiger partial charge in [0.05, 0.1) is 6.04 Å². The Morgan fingerprint density at radius 3 is 2.48 bits per heavy atom. The second-order valence-corrected chi connectivity index (χ2v) is 5.90. The molecule has 0 spiro atoms. The molecule has 8 heteroatoms. The fraction of sp³-hybridized carbons (Fsp3) is 0.263. The lowest BCUT2D eigenvalue weighted by Crippen LogP contribution is -2.28. The standard InChI is InChI=1S/C19H18F3N5/c1-3-27(13(2)14-7-6-9-23-12-14)17-11-16(19(20,21)22)25-18(26-17)15-8-4-5-10-24-15/h4-13H,3H2,1-2H3. The molecule has 0 bridgehead atoms. The highest BCUT2D eigenvalue weighted by molar-refractivity contribution is 5.54. The maximum absolute atomic E-state index is 13.4. The summed E-state index contributed by atoms with van der Waals surface area (Å²) in [4.78, 5) is 18.0. The molecular weight excluding hydrogens is 355 g/mol. The predicted molar refractivity (Wildman–Crippen MR) is 95.9 cm³/mol. The van der Waals surface area contributed by atoms with Crippen LogP contribution in [0.2, 0.25) is 0 Å². The molecule has 0 saturated carbocycles. The van der Waals surface area contributed by atoms with Crippen molar-refractivity contribution < 1.29 is 13.2 Å². The highest BCUT2D eigenvalue weighted by Crippen LogP contribution is 2.33. The van der Waals surface area contributed by atoms with Gasteiger partial charge in [-0.05, 0) is 37.6 Å². The normalized spacial score (nSPS) is 12.6. The van der Waals surface area contributed by atoms with Crippen molar-refractivity contribution in [2.24, 2.45) is 0 Å². The van der Waals surface area contributed by atoms with Gasteiger partial charge < -0.3 is 4.90 Å². The van der Waals surface area contributed by atoms with Crippen molar-refractivity contribution in [3.63, 3.8) is 0 Å². The molecule has 3 aromatic rings. The number of pyridine rings is 2. The molecule has 5 nitrogen and oxygen atoms in total. The van der Waals surface area contributed by atoms with Gasteiger partial charge in [0.25, 0.3) is 0 Å². The Morgan fingerprint density at radius 1 is 1.07 bits per heavy atom. The van der Waals surface area contributed by atoms with E-state index in [4.69, 9.17) is 0 Å². The largest absolute Gasteiger partial charge is 0.433 e. The molecule has 0 aromatic carbocycles. The van der Waals surface area contributed by atoms with E-state index in [1.54, 1.807) is 41.6 Å². The van der Waals surface area contributed by atoms with Crippen LogP contribution in [0.1, 0.15) is 31.1 Å². The zero-order valence-electron chi connectivity index (χ0n) is 14.9. The Kier molecular flexibility index (Phi) is 5.34. The Hall–Kier alpha value is -3.03. The van der Waals surface area contributed by atoms with Crippen molar-refractivity contribution in [3.8, 4) is 11.5 Å². The van der Waals surface area contributed by atoms with Crippen molar-refractivity contribution in [2.75, 3.05) is 11.4 Å². The van der Waals surface area contributed by atoms with E-state index in [1.165, 1.54) is 6.20 Å². The number of rotatable bonds is 5. The van der Waals surface area contributed by atoms with Crippen molar-refractivity contribution in [1.29, 1.82) is 0 Å². The van der Waals surface area contributed by atoms with E-state index in [2.05, 4.69) is 19.9 Å². The molecule has 3 rings (SSSR count). The van der Waals surface area contributed by atoms with E-state index in [0.29, 0.717) is 6.54 Å². The fourth-order valence-corrected chi connectivity index (χ4v) is 2.77. The second-order valence-electron chi connectivity index (χ2n) is 5.90. The molecular formula is C19H18F3N5. The molecule has 0 fully saturated rings. The molecule has 3 aromatic heterocycles. The van der Waals surface area contributed by atoms with E-state index < -0.39 is 11.9 Å². The van der Waals surface area contributed by atoms with Crippen molar-refractivity contribution in [2.45, 2.75) is 26.1 Å². The first-order valence-corrected chi connectivity index (χ1v) is 8.44. The smallest absolute Gasteiger partial charge is 0.350 e. The molecule has 1 unspecified atom stereocenters. The average molecular weight is 373 g/mol. The third-order valence-electron chi connectivity index (χ3n) is 4.17. The van der Waals surface area contributed by atoms with E-state index in [1.807, 2.05) is 19.9 Å². The van der Waals surface area contributed by atoms with Gasteiger partial charge >= 0.3 is 6.18 Å². The molecule has 3 heterocycles. The van der Waals surface area contributed by atoms with Gasteiger partial charge in [0.15, 0.2) is 11.5 Å². The summed E-state index contributed by atoms with van der Waals surface area (Å²) in [5.41, 5.74) is 0.172. The summed E-state index contributed by atoms with van der Waals surface area (Å²) in [5, 5.41) is 0. The van der Waals surface area contributed by atoms with Crippen molar-refractivity contribution in [1.82, 2.24) is 19.9 Å². The van der Waals surface area contributed by atoms with Crippen LogP contribution in [0.25, 0.3) is 11.5 Å². The van der Waals surface area contributed by atoms with Crippen LogP contribution in [-0.4, -0.2) is 26.5 Å². The molecule has 0 aliphatic carbocycles. The third-order valence-corrected chi connectivity index (χ3v) is 4.17. The topological polar surface area (TPSA) is 54.8 Å². The van der Waals surface area contributed by atoms with Crippen LogP contribution in [0.3, 0.4) is 0 Å². The maximum Gasteiger partial charge on any atom is 0.433 e. The lowest BCUT2D eigenvalue weighted by molar-refractivity contribution is -0.141. The number of nitrogens with zero attached hydrogens (tertiary/aromatic N) is 5. The van der Waals surface area contributed by atoms with Crippen LogP contribution in [-0.2, 0) is 6.18 Å². The Morgan fingerprint density at radius 2 is 1.89 bits per heavy atom. The molecule has 140 valence electrons. The summed E-state index contributed by atoms with van der Waals surface area (Å²) in [6.07, 6.45) is 0.254. The van der Waals surface area contributed by atoms with Crippen LogP contribution in [0.4, 0.5) is 19.0 Å². The van der Waals surface area contributed by atoms with Gasteiger partial charge in [0.1, 0.15) is 11.5 Å². The van der Waals surface area contributed by atoms with Crippen LogP contribution in [0.15, 0.2) is 55.0 Å². The zero-order chi connectivity index (χ0) is 19.4. The van der Waals surface area contributed by atoms with Crippen molar-refractivity contribution in [3.05, 3.63) is 66.2 Å². The van der Waals surface area contributed by atoms with E-state index in [-0.39, 0.29) is 23.4 Å². The molecule has 0 amide bonds. The SMILES string of the molecule is CCN(c1cc(C(F)(F)F)nc(-c2ccccn2)n1)C(C)c1cccnc1. The van der Waals surface area contributed by atoms with Gasteiger partial charge in [-0.15, -0.1) is 0 Å². The molecule has 0 saturated heterocycles. The molecule has 1 atom stereocenters. The minimum absolute atomic E-state index is 0.0581. The number of anilines is 1. The highest BCUT2D eigenvalue weighted by Gasteiger charge is 2.34. The number of halogens is 3. The van der Waals surface area contributed by atoms with E-state index in [9.17, 15) is 13.2 Å². The van der Waals surface area contributed by atoms with Gasteiger partial charge in [0, 0.05) is 31.2 Å². The Labute approximate surface area is 155 Å². The van der Waals surface area contributed by atoms with Crippen LogP contribution >= 0.6 is 0 Å². The lowest BCUT2D eigenvalue weighted by Gasteiger charge is -2.30. The first-order chi connectivity index (χ1) is 12.9. The van der Waals surface area contributed by atoms with Gasteiger partial charge in [-0.2, -0.15) is 13.2 Å². The lowest BCUT2D eigenvalue weighted by atomic mass is 10.1. The molecule has 0 radical (unpaired) electrons. The molecule has 0 aliphatic heterocycles. The average Bonchev–Trinajstić information content (AvgIpc) is 2.69. The van der Waals surface area contributed by atoms with Crippen molar-refractivity contribution >= 4 is 5.82 Å². The summed E-state index contributed by atoms with van der Waals surface area (Å²) >= 11 is 0. The predicted octanol–water partition coefficient (Wildman–Crippen LogP) is 4.54. The third kappa shape index (κ3) is 4.21. The zero-order valence-corrected chi connectivity index (χ0v) is 14.9. The minimum Gasteiger partial charge on any atom is -0.350 e. The van der Waals surface area contributed by atoms with Crippen LogP contribution in [0, 0.1) is 0 Å². The monoisotopic (exact) mass is 373 g/mol. The second kappa shape index (κ2) is 7.69. The summed E-state index contributed by atoms with van der Waals surface area (Å²) < 4.78 is 40.2. The first-order valence-electron chi connectivity index (χ1n) is 8.44. The van der Waals surface area contributed by atoms with Gasteiger partial charge in [-0.25, -0.2) is 9.97 Å². The number of hydrogen-bond donors (Lipinski definition) is 0. The summed E-state index contributed by atoms with van der Waals surface area (Å²) in [6, 6.07) is 9.38. The van der Waals surface area contributed by atoms with E-state index in [0.717, 1.165) is 11.6 Å². The molecule has 0 aliphatic rings. The number of aromatic nitrogens is 4. The van der Waals surface area contributed by atoms with Gasteiger partial charge in [0.2, 0.25) is 0 Å². The van der Waals surface area contributed by atoms with E-state index >= 15 is 0 Å². The summed E-state index contributed by atoms with van der Waals surface area (Å²) in [5.74, 6) is 0.133. The highest BCUT2D eigenvalue weighted by atomic mass is 19.4. The summed E-state index contributed by atoms with van der Waals surface area (Å²) in [6.45, 7) is 4.23. The first kappa shape index (κ1) is 18.8. The van der Waals surface area contributed by atoms with Crippen LogP contribution in [0.5, 0.6) is 0 Å². The Balaban J connectivity index is 2.10. The number of alkyl halides is 3. The van der Waals surface area contributed by atoms with Crippen LogP contribution < -0.4 is 4.90 Å². The minimum atomic E-state index is -4.59. The quantitative estimate of drug-likeness (QED) is 0.657. The van der Waals surface area contributed by atoms with Gasteiger partial charge in [-0.1, -0.05) is 12.1 Å². The molecule has 0 N–H and O–H groups in total.